The van der Waals surface area contributed by atoms with E-state index < -0.39 is 0 Å². The van der Waals surface area contributed by atoms with Gasteiger partial charge >= 0.3 is 0 Å². The van der Waals surface area contributed by atoms with Crippen molar-refractivity contribution in [2.45, 2.75) is 13.5 Å². The molecule has 18 heavy (non-hydrogen) atoms. The first kappa shape index (κ1) is 12.6. The number of nitrogens with two attached hydrogens (primary N) is 1. The van der Waals surface area contributed by atoms with Crippen molar-refractivity contribution in [2.24, 2.45) is 5.73 Å². The molecular formula is C15H16FNO. The number of ether oxygens (including phenoxy) is 1. The van der Waals surface area contributed by atoms with Crippen molar-refractivity contribution in [1.29, 1.82) is 0 Å². The fraction of sp³-hybridized carbons (Fsp3) is 0.200. The lowest BCUT2D eigenvalue weighted by molar-refractivity contribution is 0.416. The topological polar surface area (TPSA) is 35.2 Å². The highest BCUT2D eigenvalue weighted by atomic mass is 19.1. The summed E-state index contributed by atoms with van der Waals surface area (Å²) in [6, 6.07) is 10.5. The van der Waals surface area contributed by atoms with E-state index in [-0.39, 0.29) is 5.82 Å². The first-order valence-corrected chi connectivity index (χ1v) is 5.79. The van der Waals surface area contributed by atoms with Gasteiger partial charge in [0.2, 0.25) is 0 Å². The van der Waals surface area contributed by atoms with E-state index in [4.69, 9.17) is 10.5 Å². The third-order valence-electron chi connectivity index (χ3n) is 2.94. The lowest BCUT2D eigenvalue weighted by Gasteiger charge is -2.13. The summed E-state index contributed by atoms with van der Waals surface area (Å²) in [5.74, 6) is 0.451. The Labute approximate surface area is 106 Å². The van der Waals surface area contributed by atoms with Crippen LogP contribution in [0.4, 0.5) is 4.39 Å². The first-order valence-electron chi connectivity index (χ1n) is 5.79. The second-order valence-electron chi connectivity index (χ2n) is 4.21. The van der Waals surface area contributed by atoms with Crippen molar-refractivity contribution >= 4 is 0 Å². The molecule has 0 spiro atoms. The third-order valence-corrected chi connectivity index (χ3v) is 2.94. The largest absolute Gasteiger partial charge is 0.496 e. The minimum absolute atomic E-state index is 0.272. The highest BCUT2D eigenvalue weighted by molar-refractivity contribution is 5.74. The molecule has 0 unspecified atom stereocenters. The zero-order valence-electron chi connectivity index (χ0n) is 10.5. The van der Waals surface area contributed by atoms with Crippen LogP contribution < -0.4 is 10.5 Å². The van der Waals surface area contributed by atoms with Crippen LogP contribution in [0.25, 0.3) is 11.1 Å². The van der Waals surface area contributed by atoms with Gasteiger partial charge in [-0.2, -0.15) is 0 Å². The van der Waals surface area contributed by atoms with E-state index in [1.165, 1.54) is 12.1 Å². The molecule has 0 bridgehead atoms. The Hall–Kier alpha value is -1.87. The Morgan fingerprint density at radius 2 is 1.89 bits per heavy atom. The van der Waals surface area contributed by atoms with Gasteiger partial charge in [0.15, 0.2) is 0 Å². The van der Waals surface area contributed by atoms with Crippen LogP contribution in [-0.2, 0) is 6.54 Å². The molecule has 0 heterocycles. The number of benzene rings is 2. The quantitative estimate of drug-likeness (QED) is 0.900. The number of aryl methyl sites for hydroxylation is 1. The molecule has 0 amide bonds. The Kier molecular flexibility index (Phi) is 3.63. The van der Waals surface area contributed by atoms with Crippen LogP contribution in [-0.4, -0.2) is 7.11 Å². The van der Waals surface area contributed by atoms with Crippen LogP contribution in [0.2, 0.25) is 0 Å². The smallest absolute Gasteiger partial charge is 0.126 e. The van der Waals surface area contributed by atoms with Crippen LogP contribution in [0.15, 0.2) is 36.4 Å². The Morgan fingerprint density at radius 1 is 1.11 bits per heavy atom. The van der Waals surface area contributed by atoms with E-state index in [1.807, 2.05) is 25.1 Å². The SMILES string of the molecule is COc1ccc(C)cc1-c1cc(F)ccc1CN. The summed E-state index contributed by atoms with van der Waals surface area (Å²) in [4.78, 5) is 0. The van der Waals surface area contributed by atoms with Gasteiger partial charge in [-0.3, -0.25) is 0 Å². The van der Waals surface area contributed by atoms with Crippen LogP contribution in [0.5, 0.6) is 5.75 Å². The van der Waals surface area contributed by atoms with E-state index >= 15 is 0 Å². The van der Waals surface area contributed by atoms with Gasteiger partial charge in [-0.05, 0) is 42.3 Å². The molecule has 2 nitrogen and oxygen atoms in total. The number of halogens is 1. The summed E-state index contributed by atoms with van der Waals surface area (Å²) >= 11 is 0. The molecule has 0 aliphatic heterocycles. The zero-order chi connectivity index (χ0) is 13.1. The number of rotatable bonds is 3. The molecule has 0 fully saturated rings. The van der Waals surface area contributed by atoms with Crippen molar-refractivity contribution in [3.63, 3.8) is 0 Å². The summed E-state index contributed by atoms with van der Waals surface area (Å²) in [7, 11) is 1.61. The molecule has 2 N–H and O–H groups in total. The molecule has 0 saturated carbocycles. The zero-order valence-corrected chi connectivity index (χ0v) is 10.5. The highest BCUT2D eigenvalue weighted by Gasteiger charge is 2.11. The van der Waals surface area contributed by atoms with Gasteiger partial charge in [0.1, 0.15) is 11.6 Å². The van der Waals surface area contributed by atoms with Crippen LogP contribution in [0.1, 0.15) is 11.1 Å². The van der Waals surface area contributed by atoms with Gasteiger partial charge in [0.05, 0.1) is 7.11 Å². The van der Waals surface area contributed by atoms with E-state index in [9.17, 15) is 4.39 Å². The Bertz CT molecular complexity index is 515. The van der Waals surface area contributed by atoms with Crippen LogP contribution in [0.3, 0.4) is 0 Å². The number of hydrogen-bond donors (Lipinski definition) is 1. The lowest BCUT2D eigenvalue weighted by Crippen LogP contribution is -2.00. The number of hydrogen-bond acceptors (Lipinski definition) is 2. The fourth-order valence-corrected chi connectivity index (χ4v) is 2.01. The summed E-state index contributed by atoms with van der Waals surface area (Å²) in [5.41, 5.74) is 9.37. The van der Waals surface area contributed by atoms with Crippen molar-refractivity contribution < 1.29 is 9.13 Å². The molecule has 0 aromatic heterocycles. The molecular weight excluding hydrogens is 229 g/mol. The minimum atomic E-state index is -0.272. The van der Waals surface area contributed by atoms with Gasteiger partial charge < -0.3 is 10.5 Å². The summed E-state index contributed by atoms with van der Waals surface area (Å²) < 4.78 is 18.8. The predicted molar refractivity (Wildman–Crippen MR) is 71.0 cm³/mol. The van der Waals surface area contributed by atoms with Crippen molar-refractivity contribution in [3.8, 4) is 16.9 Å². The molecule has 2 aromatic carbocycles. The molecule has 2 rings (SSSR count). The second kappa shape index (κ2) is 5.19. The maximum Gasteiger partial charge on any atom is 0.126 e. The molecule has 0 aliphatic carbocycles. The Balaban J connectivity index is 2.67. The standard InChI is InChI=1S/C15H16FNO/c1-10-3-6-15(18-2)14(7-10)13-8-12(16)5-4-11(13)9-17/h3-8H,9,17H2,1-2H3. The molecule has 94 valence electrons. The third kappa shape index (κ3) is 2.36. The van der Waals surface area contributed by atoms with Crippen molar-refractivity contribution in [1.82, 2.24) is 0 Å². The summed E-state index contributed by atoms with van der Waals surface area (Å²) in [6.07, 6.45) is 0. The number of methoxy groups -OCH3 is 1. The van der Waals surface area contributed by atoms with E-state index in [0.717, 1.165) is 28.0 Å². The normalized spacial score (nSPS) is 10.4. The molecule has 3 heteroatoms. The van der Waals surface area contributed by atoms with Gasteiger partial charge in [0.25, 0.3) is 0 Å². The fourth-order valence-electron chi connectivity index (χ4n) is 2.01. The average Bonchev–Trinajstić information content (AvgIpc) is 2.38. The maximum absolute atomic E-state index is 13.4. The average molecular weight is 245 g/mol. The van der Waals surface area contributed by atoms with E-state index in [0.29, 0.717) is 6.54 Å². The molecule has 0 atom stereocenters. The van der Waals surface area contributed by atoms with Crippen LogP contribution in [0, 0.1) is 12.7 Å². The van der Waals surface area contributed by atoms with Gasteiger partial charge in [-0.1, -0.05) is 17.7 Å². The Morgan fingerprint density at radius 3 is 2.56 bits per heavy atom. The van der Waals surface area contributed by atoms with Crippen molar-refractivity contribution in [3.05, 3.63) is 53.3 Å². The second-order valence-corrected chi connectivity index (χ2v) is 4.21. The highest BCUT2D eigenvalue weighted by Crippen LogP contribution is 2.33. The van der Waals surface area contributed by atoms with Crippen LogP contribution >= 0.6 is 0 Å². The van der Waals surface area contributed by atoms with Crippen molar-refractivity contribution in [2.75, 3.05) is 7.11 Å². The summed E-state index contributed by atoms with van der Waals surface area (Å²) in [5, 5.41) is 0. The lowest BCUT2D eigenvalue weighted by atomic mass is 9.97. The minimum Gasteiger partial charge on any atom is -0.496 e. The predicted octanol–water partition coefficient (Wildman–Crippen LogP) is 3.27. The maximum atomic E-state index is 13.4. The van der Waals surface area contributed by atoms with Gasteiger partial charge in [0, 0.05) is 12.1 Å². The van der Waals surface area contributed by atoms with E-state index in [2.05, 4.69) is 0 Å². The molecule has 0 aliphatic rings. The van der Waals surface area contributed by atoms with Gasteiger partial charge in [-0.25, -0.2) is 4.39 Å². The first-order chi connectivity index (χ1) is 8.65. The van der Waals surface area contributed by atoms with E-state index in [1.54, 1.807) is 13.2 Å². The molecule has 0 radical (unpaired) electrons. The summed E-state index contributed by atoms with van der Waals surface area (Å²) in [6.45, 7) is 2.36. The van der Waals surface area contributed by atoms with Gasteiger partial charge in [-0.15, -0.1) is 0 Å². The molecule has 2 aromatic rings. The monoisotopic (exact) mass is 245 g/mol. The molecule has 0 saturated heterocycles.